The van der Waals surface area contributed by atoms with Gasteiger partial charge in [0.25, 0.3) is 0 Å². The topological polar surface area (TPSA) is 230 Å². The Labute approximate surface area is 383 Å². The van der Waals surface area contributed by atoms with Crippen LogP contribution in [0.5, 0.6) is 0 Å². The lowest BCUT2D eigenvalue weighted by atomic mass is 9.85. The molecule has 7 N–H and O–H groups in total. The molecule has 9 atom stereocenters. The van der Waals surface area contributed by atoms with Crippen molar-refractivity contribution in [1.82, 2.24) is 0 Å². The summed E-state index contributed by atoms with van der Waals surface area (Å²) in [5, 5.41) is 59.7. The number of phosphoric ester groups is 1. The Morgan fingerprint density at radius 1 is 0.547 bits per heavy atom. The van der Waals surface area contributed by atoms with Crippen LogP contribution in [0.2, 0.25) is 0 Å². The van der Waals surface area contributed by atoms with Crippen LogP contribution < -0.4 is 0 Å². The first-order valence-electron chi connectivity index (χ1n) is 23.8. The van der Waals surface area contributed by atoms with E-state index < -0.39 is 75.7 Å². The Hall–Kier alpha value is -2.75. The first-order valence-corrected chi connectivity index (χ1v) is 25.3. The van der Waals surface area contributed by atoms with Gasteiger partial charge in [-0.15, -0.1) is 0 Å². The van der Waals surface area contributed by atoms with Crippen LogP contribution in [0.25, 0.3) is 0 Å². The van der Waals surface area contributed by atoms with Crippen LogP contribution >= 0.6 is 7.82 Å². The van der Waals surface area contributed by atoms with Gasteiger partial charge in [0.05, 0.1) is 12.7 Å². The number of hydrogen-bond donors (Lipinski definition) is 7. The maximum atomic E-state index is 12.8. The third kappa shape index (κ3) is 30.5. The van der Waals surface area contributed by atoms with E-state index >= 15 is 0 Å². The number of hydrogen-bond acceptors (Lipinski definition) is 13. The molecule has 15 heteroatoms. The van der Waals surface area contributed by atoms with Gasteiger partial charge in [0.2, 0.25) is 0 Å². The minimum atomic E-state index is -5.15. The molecule has 0 saturated heterocycles. The Balaban J connectivity index is 2.50. The van der Waals surface area contributed by atoms with Gasteiger partial charge in [-0.3, -0.25) is 18.6 Å². The van der Waals surface area contributed by atoms with E-state index in [1.807, 2.05) is 25.2 Å². The highest BCUT2D eigenvalue weighted by molar-refractivity contribution is 7.47. The fourth-order valence-corrected chi connectivity index (χ4v) is 7.61. The van der Waals surface area contributed by atoms with Gasteiger partial charge in [-0.05, 0) is 89.9 Å². The molecule has 0 bridgehead atoms. The summed E-state index contributed by atoms with van der Waals surface area (Å²) in [6.45, 7) is 2.94. The predicted octanol–water partition coefficient (Wildman–Crippen LogP) is 8.47. The smallest absolute Gasteiger partial charge is 0.462 e. The molecule has 3 unspecified atom stereocenters. The zero-order valence-electron chi connectivity index (χ0n) is 38.7. The molecule has 0 aromatic rings. The van der Waals surface area contributed by atoms with Gasteiger partial charge in [-0.2, -0.15) is 0 Å². The lowest BCUT2D eigenvalue weighted by molar-refractivity contribution is -0.220. The minimum absolute atomic E-state index is 0.00243. The van der Waals surface area contributed by atoms with Crippen LogP contribution in [0, 0.1) is 0 Å². The number of carbonyl (C=O) groups is 2. The van der Waals surface area contributed by atoms with Gasteiger partial charge in [0.1, 0.15) is 43.2 Å². The van der Waals surface area contributed by atoms with Crippen LogP contribution in [0.3, 0.4) is 0 Å². The Morgan fingerprint density at radius 3 is 1.52 bits per heavy atom. The number of aliphatic hydroxyl groups excluding tert-OH is 6. The average Bonchev–Trinajstić information content (AvgIpc) is 3.28. The molecule has 0 heterocycles. The molecule has 1 aliphatic rings. The minimum Gasteiger partial charge on any atom is -0.462 e. The summed E-state index contributed by atoms with van der Waals surface area (Å²) >= 11 is 0. The molecular weight excluding hydrogens is 843 g/mol. The van der Waals surface area contributed by atoms with E-state index in [1.54, 1.807) is 0 Å². The van der Waals surface area contributed by atoms with E-state index in [2.05, 4.69) is 61.6 Å². The summed E-state index contributed by atoms with van der Waals surface area (Å²) in [4.78, 5) is 35.7. The highest BCUT2D eigenvalue weighted by Gasteiger charge is 2.51. The van der Waals surface area contributed by atoms with Crippen molar-refractivity contribution in [3.05, 3.63) is 72.9 Å². The molecule has 0 spiro atoms. The van der Waals surface area contributed by atoms with Crippen LogP contribution in [0.15, 0.2) is 72.9 Å². The number of rotatable bonds is 38. The second-order valence-electron chi connectivity index (χ2n) is 16.4. The molecule has 0 amide bonds. The van der Waals surface area contributed by atoms with Crippen LogP contribution in [-0.4, -0.2) is 110 Å². The Morgan fingerprint density at radius 2 is 0.984 bits per heavy atom. The Bertz CT molecular complexity index is 1410. The van der Waals surface area contributed by atoms with E-state index in [0.29, 0.717) is 19.3 Å². The largest absolute Gasteiger partial charge is 0.472 e. The van der Waals surface area contributed by atoms with Crippen LogP contribution in [-0.2, 0) is 32.7 Å². The summed E-state index contributed by atoms with van der Waals surface area (Å²) in [6.07, 6.45) is 31.8. The van der Waals surface area contributed by atoms with Crippen molar-refractivity contribution in [3.63, 3.8) is 0 Å². The van der Waals surface area contributed by atoms with Crippen molar-refractivity contribution in [1.29, 1.82) is 0 Å². The highest BCUT2D eigenvalue weighted by Crippen LogP contribution is 2.47. The number of allylic oxidation sites excluding steroid dienone is 12. The summed E-state index contributed by atoms with van der Waals surface area (Å²) in [7, 11) is -5.15. The zero-order valence-corrected chi connectivity index (χ0v) is 39.6. The van der Waals surface area contributed by atoms with E-state index in [-0.39, 0.29) is 18.9 Å². The summed E-state index contributed by atoms with van der Waals surface area (Å²) in [5.41, 5.74) is 0. The van der Waals surface area contributed by atoms with Gasteiger partial charge in [-0.1, -0.05) is 132 Å². The number of carbonyl (C=O) groups excluding carboxylic acids is 2. The van der Waals surface area contributed by atoms with Gasteiger partial charge in [-0.25, -0.2) is 4.57 Å². The van der Waals surface area contributed by atoms with Crippen molar-refractivity contribution < 1.29 is 68.2 Å². The quantitative estimate of drug-likeness (QED) is 0.0133. The molecule has 1 aliphatic carbocycles. The van der Waals surface area contributed by atoms with Crippen molar-refractivity contribution in [2.75, 3.05) is 13.2 Å². The normalized spacial score (nSPS) is 22.7. The molecule has 1 fully saturated rings. The number of phosphoric acid groups is 1. The molecular formula is C49H83O14P. The lowest BCUT2D eigenvalue weighted by Gasteiger charge is -2.41. The molecule has 0 radical (unpaired) electrons. The molecule has 64 heavy (non-hydrogen) atoms. The monoisotopic (exact) mass is 927 g/mol. The van der Waals surface area contributed by atoms with E-state index in [1.165, 1.54) is 19.3 Å². The molecule has 1 rings (SSSR count). The summed E-state index contributed by atoms with van der Waals surface area (Å²) < 4.78 is 33.5. The van der Waals surface area contributed by atoms with Crippen LogP contribution in [0.4, 0.5) is 0 Å². The summed E-state index contributed by atoms with van der Waals surface area (Å²) in [6, 6.07) is 0. The second kappa shape index (κ2) is 38.4. The first-order chi connectivity index (χ1) is 30.8. The van der Waals surface area contributed by atoms with Gasteiger partial charge < -0.3 is 45.0 Å². The Kier molecular flexibility index (Phi) is 35.5. The molecule has 0 aromatic carbocycles. The SMILES string of the molecule is CCCCC/C=C\C/C=C\CCCCCCCCCC(=O)OC[C@H](COP(=O)(O)OC1[C@H](O)[C@H](O)C(O)[C@H](O)[C@H]1O)OC(=O)CCC/C=C\C/C=C\C/C=C\C/C=C\CC[C@H](O)CC. The van der Waals surface area contributed by atoms with Crippen molar-refractivity contribution in [2.24, 2.45) is 0 Å². The molecule has 14 nitrogen and oxygen atoms in total. The number of unbranched alkanes of at least 4 members (excludes halogenated alkanes) is 11. The van der Waals surface area contributed by atoms with Crippen molar-refractivity contribution in [3.8, 4) is 0 Å². The lowest BCUT2D eigenvalue weighted by Crippen LogP contribution is -2.64. The van der Waals surface area contributed by atoms with Gasteiger partial charge >= 0.3 is 19.8 Å². The fourth-order valence-electron chi connectivity index (χ4n) is 6.64. The van der Waals surface area contributed by atoms with Crippen molar-refractivity contribution in [2.45, 2.75) is 210 Å². The van der Waals surface area contributed by atoms with E-state index in [9.17, 15) is 49.7 Å². The third-order valence-electron chi connectivity index (χ3n) is 10.7. The highest BCUT2D eigenvalue weighted by atomic mass is 31.2. The average molecular weight is 927 g/mol. The second-order valence-corrected chi connectivity index (χ2v) is 17.8. The fraction of sp³-hybridized carbons (Fsp3) is 0.714. The van der Waals surface area contributed by atoms with E-state index in [4.69, 9.17) is 18.5 Å². The predicted molar refractivity (Wildman–Crippen MR) is 250 cm³/mol. The molecule has 0 aromatic heterocycles. The maximum Gasteiger partial charge on any atom is 0.472 e. The number of aliphatic hydroxyl groups is 6. The third-order valence-corrected chi connectivity index (χ3v) is 11.7. The molecule has 368 valence electrons. The standard InChI is InChI=1S/C49H83O14P/c1-3-5-6-7-8-9-10-11-12-13-14-18-21-24-27-30-33-36-42(51)60-38-41(39-61-64(58,59)63-49-47(56)45(54)44(53)46(55)48(49)57)62-43(52)37-34-31-28-25-22-19-16-15-17-20-23-26-29-32-35-40(50)4-2/h8-9,11-12,16-17,19-20,25-26,28-29,40-41,44-50,53-57H,3-7,10,13-15,18,21-24,27,30-39H2,1-2H3,(H,58,59)/b9-8-,12-11-,19-16-,20-17-,28-25-,29-26-/t40-,41-,44?,45-,46+,47-,48-,49?/m1/s1. The zero-order chi connectivity index (χ0) is 47.3. The summed E-state index contributed by atoms with van der Waals surface area (Å²) in [5.74, 6) is -1.20. The van der Waals surface area contributed by atoms with E-state index in [0.717, 1.165) is 96.3 Å². The first kappa shape index (κ1) is 59.3. The van der Waals surface area contributed by atoms with Crippen molar-refractivity contribution >= 4 is 19.8 Å². The number of ether oxygens (including phenoxy) is 2. The number of esters is 2. The molecule has 1 saturated carbocycles. The van der Waals surface area contributed by atoms with Gasteiger partial charge in [0.15, 0.2) is 6.10 Å². The van der Waals surface area contributed by atoms with Gasteiger partial charge in [0, 0.05) is 12.8 Å². The maximum absolute atomic E-state index is 12.8. The van der Waals surface area contributed by atoms with Crippen LogP contribution in [0.1, 0.15) is 162 Å². The molecule has 0 aliphatic heterocycles.